The summed E-state index contributed by atoms with van der Waals surface area (Å²) in [4.78, 5) is 0. The molecule has 6 aromatic rings. The van der Waals surface area contributed by atoms with Crippen LogP contribution < -0.4 is 9.47 Å². The number of fused-ring (bicyclic) bond motifs is 9. The first kappa shape index (κ1) is 16.4. The van der Waals surface area contributed by atoms with Crippen LogP contribution in [0.4, 0.5) is 0 Å². The van der Waals surface area contributed by atoms with Gasteiger partial charge < -0.3 is 9.47 Å². The highest BCUT2D eigenvalue weighted by atomic mass is 16.5. The van der Waals surface area contributed by atoms with Gasteiger partial charge in [-0.3, -0.25) is 0 Å². The molecule has 0 amide bonds. The third-order valence-electron chi connectivity index (χ3n) is 6.83. The van der Waals surface area contributed by atoms with Gasteiger partial charge in [0.25, 0.3) is 0 Å². The zero-order valence-corrected chi connectivity index (χ0v) is 17.1. The van der Waals surface area contributed by atoms with Gasteiger partial charge in [-0.2, -0.15) is 0 Å². The van der Waals surface area contributed by atoms with Crippen molar-refractivity contribution >= 4 is 32.3 Å². The van der Waals surface area contributed by atoms with Crippen molar-refractivity contribution in [1.29, 1.82) is 0 Å². The molecule has 2 nitrogen and oxygen atoms in total. The van der Waals surface area contributed by atoms with Crippen molar-refractivity contribution in [2.24, 2.45) is 0 Å². The number of ether oxygens (including phenoxy) is 2. The maximum atomic E-state index is 6.52. The van der Waals surface area contributed by atoms with E-state index < -0.39 is 0 Å². The van der Waals surface area contributed by atoms with Gasteiger partial charge in [-0.1, -0.05) is 72.8 Å². The Morgan fingerprint density at radius 2 is 0.969 bits per heavy atom. The molecule has 0 aromatic heterocycles. The third-order valence-corrected chi connectivity index (χ3v) is 6.83. The molecular weight excluding hydrogens is 392 g/mol. The summed E-state index contributed by atoms with van der Waals surface area (Å²) in [5, 5.41) is 7.17. The van der Waals surface area contributed by atoms with Crippen LogP contribution >= 0.6 is 0 Å². The van der Waals surface area contributed by atoms with Crippen molar-refractivity contribution in [2.45, 2.75) is 0 Å². The van der Waals surface area contributed by atoms with E-state index >= 15 is 0 Å². The van der Waals surface area contributed by atoms with E-state index in [0.29, 0.717) is 0 Å². The molecule has 32 heavy (non-hydrogen) atoms. The molecule has 8 rings (SSSR count). The highest BCUT2D eigenvalue weighted by Crippen LogP contribution is 2.59. The summed E-state index contributed by atoms with van der Waals surface area (Å²) in [7, 11) is 0. The van der Waals surface area contributed by atoms with Crippen LogP contribution in [-0.4, -0.2) is 0 Å². The molecular formula is C30H16O2. The lowest BCUT2D eigenvalue weighted by Gasteiger charge is -2.29. The molecule has 2 heteroatoms. The highest BCUT2D eigenvalue weighted by molar-refractivity contribution is 6.28. The average molecular weight is 408 g/mol. The summed E-state index contributed by atoms with van der Waals surface area (Å²) in [6, 6.07) is 33.9. The van der Waals surface area contributed by atoms with Gasteiger partial charge in [-0.05, 0) is 45.8 Å². The summed E-state index contributed by atoms with van der Waals surface area (Å²) >= 11 is 0. The standard InChI is InChI=1S/C30H16O2/c1-2-8-18-17(7-1)13-14-23-27(18)28-20-10-4-3-9-19(20)26-21-11-5-6-12-22(21)31-24-15-16-25(32-23)30(28)29(24)26/h1-16H. The summed E-state index contributed by atoms with van der Waals surface area (Å²) in [5.74, 6) is 3.57. The lowest BCUT2D eigenvalue weighted by atomic mass is 9.82. The molecule has 0 spiro atoms. The molecule has 0 N–H and O–H groups in total. The van der Waals surface area contributed by atoms with Crippen LogP contribution in [0.15, 0.2) is 97.1 Å². The first-order chi connectivity index (χ1) is 15.9. The van der Waals surface area contributed by atoms with Crippen molar-refractivity contribution in [3.05, 3.63) is 97.1 Å². The minimum Gasteiger partial charge on any atom is -0.456 e. The smallest absolute Gasteiger partial charge is 0.136 e. The Hall–Kier alpha value is -4.30. The van der Waals surface area contributed by atoms with Gasteiger partial charge in [0, 0.05) is 33.0 Å². The fraction of sp³-hybridized carbons (Fsp3) is 0. The van der Waals surface area contributed by atoms with Crippen molar-refractivity contribution in [3.8, 4) is 45.3 Å². The van der Waals surface area contributed by atoms with Crippen molar-refractivity contribution in [2.75, 3.05) is 0 Å². The number of para-hydroxylation sites is 1. The molecule has 0 bridgehead atoms. The SMILES string of the molecule is c1ccc2c(c1)Oc1ccc3c4c(c5ccccc5c-2c14)-c1c(ccc2ccccc12)O3. The molecule has 0 unspecified atom stereocenters. The van der Waals surface area contributed by atoms with Gasteiger partial charge >= 0.3 is 0 Å². The first-order valence-electron chi connectivity index (χ1n) is 10.9. The van der Waals surface area contributed by atoms with Crippen molar-refractivity contribution < 1.29 is 9.47 Å². The Kier molecular flexibility index (Phi) is 2.91. The van der Waals surface area contributed by atoms with Gasteiger partial charge in [0.1, 0.15) is 23.0 Å². The largest absolute Gasteiger partial charge is 0.456 e. The van der Waals surface area contributed by atoms with Gasteiger partial charge in [-0.25, -0.2) is 0 Å². The Morgan fingerprint density at radius 1 is 0.375 bits per heavy atom. The molecule has 0 saturated heterocycles. The van der Waals surface area contributed by atoms with E-state index in [1.165, 1.54) is 32.7 Å². The zero-order valence-electron chi connectivity index (χ0n) is 17.1. The molecule has 0 atom stereocenters. The second kappa shape index (κ2) is 5.68. The van der Waals surface area contributed by atoms with E-state index in [0.717, 1.165) is 44.9 Å². The molecule has 148 valence electrons. The lowest BCUT2D eigenvalue weighted by molar-refractivity contribution is 0.476. The van der Waals surface area contributed by atoms with E-state index in [1.807, 2.05) is 24.3 Å². The summed E-state index contributed by atoms with van der Waals surface area (Å²) < 4.78 is 12.9. The maximum Gasteiger partial charge on any atom is 0.136 e. The molecule has 0 saturated carbocycles. The summed E-state index contributed by atoms with van der Waals surface area (Å²) in [6.45, 7) is 0. The van der Waals surface area contributed by atoms with E-state index in [4.69, 9.17) is 9.47 Å². The van der Waals surface area contributed by atoms with Crippen LogP contribution in [-0.2, 0) is 0 Å². The molecule has 2 heterocycles. The van der Waals surface area contributed by atoms with Gasteiger partial charge in [0.15, 0.2) is 0 Å². The molecule has 0 aliphatic carbocycles. The van der Waals surface area contributed by atoms with Crippen LogP contribution in [0.25, 0.3) is 54.6 Å². The lowest BCUT2D eigenvalue weighted by Crippen LogP contribution is -2.04. The fourth-order valence-electron chi connectivity index (χ4n) is 5.55. The highest BCUT2D eigenvalue weighted by Gasteiger charge is 2.31. The normalized spacial score (nSPS) is 12.9. The quantitative estimate of drug-likeness (QED) is 0.234. The summed E-state index contributed by atoms with van der Waals surface area (Å²) in [5.41, 5.74) is 4.75. The van der Waals surface area contributed by atoms with Gasteiger partial charge in [0.2, 0.25) is 0 Å². The van der Waals surface area contributed by atoms with Gasteiger partial charge in [0.05, 0.1) is 0 Å². The zero-order chi connectivity index (χ0) is 20.8. The molecule has 0 radical (unpaired) electrons. The van der Waals surface area contributed by atoms with Crippen LogP contribution in [0, 0.1) is 0 Å². The predicted octanol–water partition coefficient (Wildman–Crippen LogP) is 8.69. The van der Waals surface area contributed by atoms with E-state index in [9.17, 15) is 0 Å². The van der Waals surface area contributed by atoms with Crippen LogP contribution in [0.2, 0.25) is 0 Å². The fourth-order valence-corrected chi connectivity index (χ4v) is 5.55. The molecule has 0 fully saturated rings. The Labute approximate surface area is 184 Å². The first-order valence-corrected chi connectivity index (χ1v) is 10.9. The van der Waals surface area contributed by atoms with E-state index in [-0.39, 0.29) is 0 Å². The van der Waals surface area contributed by atoms with Crippen LogP contribution in [0.1, 0.15) is 0 Å². The van der Waals surface area contributed by atoms with Crippen molar-refractivity contribution in [3.63, 3.8) is 0 Å². The minimum absolute atomic E-state index is 0.886. The Bertz CT molecular complexity index is 1780. The summed E-state index contributed by atoms with van der Waals surface area (Å²) in [6.07, 6.45) is 0. The van der Waals surface area contributed by atoms with Gasteiger partial charge in [-0.15, -0.1) is 0 Å². The Morgan fingerprint density at radius 3 is 1.81 bits per heavy atom. The second-order valence-electron chi connectivity index (χ2n) is 8.47. The van der Waals surface area contributed by atoms with Crippen LogP contribution in [0.3, 0.4) is 0 Å². The van der Waals surface area contributed by atoms with Crippen molar-refractivity contribution in [1.82, 2.24) is 0 Å². The maximum absolute atomic E-state index is 6.52. The Balaban J connectivity index is 1.68. The number of rotatable bonds is 0. The number of hydrogen-bond acceptors (Lipinski definition) is 2. The molecule has 2 aliphatic heterocycles. The van der Waals surface area contributed by atoms with E-state index in [2.05, 4.69) is 72.8 Å². The average Bonchev–Trinajstić information content (AvgIpc) is 2.86. The minimum atomic E-state index is 0.886. The number of hydrogen-bond donors (Lipinski definition) is 0. The topological polar surface area (TPSA) is 18.5 Å². The molecule has 6 aromatic carbocycles. The predicted molar refractivity (Wildman–Crippen MR) is 130 cm³/mol. The number of benzene rings is 6. The monoisotopic (exact) mass is 408 g/mol. The van der Waals surface area contributed by atoms with Crippen LogP contribution in [0.5, 0.6) is 23.0 Å². The second-order valence-corrected chi connectivity index (χ2v) is 8.47. The van der Waals surface area contributed by atoms with E-state index in [1.54, 1.807) is 0 Å². The molecule has 2 aliphatic rings. The third kappa shape index (κ3) is 1.91.